The standard InChI is InChI=1S/C13H21NO/c1-9-6-12(15)7-10(2)13(9)8-11(3)14(4)5/h6-7,11,15H,8H2,1-5H3. The van der Waals surface area contributed by atoms with Gasteiger partial charge >= 0.3 is 0 Å². The molecule has 0 aliphatic heterocycles. The molecule has 0 saturated heterocycles. The maximum Gasteiger partial charge on any atom is 0.116 e. The molecule has 0 heterocycles. The maximum absolute atomic E-state index is 9.45. The number of rotatable bonds is 3. The molecule has 0 aromatic heterocycles. The van der Waals surface area contributed by atoms with E-state index < -0.39 is 0 Å². The van der Waals surface area contributed by atoms with Crippen molar-refractivity contribution in [1.29, 1.82) is 0 Å². The molecule has 0 bridgehead atoms. The van der Waals surface area contributed by atoms with Gasteiger partial charge in [0.2, 0.25) is 0 Å². The molecule has 1 aromatic rings. The van der Waals surface area contributed by atoms with Crippen molar-refractivity contribution in [2.45, 2.75) is 33.2 Å². The molecule has 15 heavy (non-hydrogen) atoms. The third-order valence-electron chi connectivity index (χ3n) is 3.06. The van der Waals surface area contributed by atoms with Gasteiger partial charge < -0.3 is 10.0 Å². The van der Waals surface area contributed by atoms with Crippen LogP contribution in [0.1, 0.15) is 23.6 Å². The summed E-state index contributed by atoms with van der Waals surface area (Å²) >= 11 is 0. The molecule has 0 radical (unpaired) electrons. The lowest BCUT2D eigenvalue weighted by Crippen LogP contribution is -2.27. The zero-order valence-corrected chi connectivity index (χ0v) is 10.3. The molecule has 2 heteroatoms. The molecule has 1 N–H and O–H groups in total. The minimum absolute atomic E-state index is 0.367. The van der Waals surface area contributed by atoms with Crippen LogP contribution in [0, 0.1) is 13.8 Å². The monoisotopic (exact) mass is 207 g/mol. The molecule has 2 nitrogen and oxygen atoms in total. The van der Waals surface area contributed by atoms with E-state index >= 15 is 0 Å². The summed E-state index contributed by atoms with van der Waals surface area (Å²) in [5, 5.41) is 9.45. The highest BCUT2D eigenvalue weighted by Crippen LogP contribution is 2.22. The van der Waals surface area contributed by atoms with E-state index in [0.29, 0.717) is 11.8 Å². The summed E-state index contributed by atoms with van der Waals surface area (Å²) in [7, 11) is 4.19. The number of likely N-dealkylation sites (N-methyl/N-ethyl adjacent to an activating group) is 1. The highest BCUT2D eigenvalue weighted by atomic mass is 16.3. The first kappa shape index (κ1) is 12.1. The van der Waals surface area contributed by atoms with Crippen LogP contribution in [0.2, 0.25) is 0 Å². The van der Waals surface area contributed by atoms with Gasteiger partial charge in [-0.25, -0.2) is 0 Å². The van der Waals surface area contributed by atoms with E-state index in [1.165, 1.54) is 16.7 Å². The number of benzene rings is 1. The van der Waals surface area contributed by atoms with Crippen molar-refractivity contribution < 1.29 is 5.11 Å². The molecule has 1 unspecified atom stereocenters. The molecule has 1 rings (SSSR count). The molecule has 0 amide bonds. The highest BCUT2D eigenvalue weighted by molar-refractivity contribution is 5.40. The quantitative estimate of drug-likeness (QED) is 0.823. The minimum atomic E-state index is 0.367. The summed E-state index contributed by atoms with van der Waals surface area (Å²) in [6.45, 7) is 6.33. The average molecular weight is 207 g/mol. The van der Waals surface area contributed by atoms with E-state index in [2.05, 4.69) is 39.8 Å². The van der Waals surface area contributed by atoms with Crippen LogP contribution in [0.15, 0.2) is 12.1 Å². The van der Waals surface area contributed by atoms with Crippen LogP contribution in [0.25, 0.3) is 0 Å². The fourth-order valence-electron chi connectivity index (χ4n) is 1.77. The van der Waals surface area contributed by atoms with Gasteiger partial charge in [0.25, 0.3) is 0 Å². The van der Waals surface area contributed by atoms with E-state index in [1.807, 2.05) is 12.1 Å². The average Bonchev–Trinajstić information content (AvgIpc) is 2.10. The third-order valence-corrected chi connectivity index (χ3v) is 3.06. The molecule has 0 aliphatic rings. The van der Waals surface area contributed by atoms with Gasteiger partial charge in [-0.2, -0.15) is 0 Å². The van der Waals surface area contributed by atoms with Crippen LogP contribution in [-0.4, -0.2) is 30.1 Å². The Morgan fingerprint density at radius 1 is 1.20 bits per heavy atom. The Kier molecular flexibility index (Phi) is 3.75. The molecule has 0 aliphatic carbocycles. The van der Waals surface area contributed by atoms with Gasteiger partial charge in [0.05, 0.1) is 0 Å². The second-order valence-electron chi connectivity index (χ2n) is 4.57. The Morgan fingerprint density at radius 2 is 1.67 bits per heavy atom. The number of aryl methyl sites for hydroxylation is 2. The van der Waals surface area contributed by atoms with Crippen molar-refractivity contribution in [3.8, 4) is 5.75 Å². The van der Waals surface area contributed by atoms with Crippen LogP contribution in [-0.2, 0) is 6.42 Å². The Hall–Kier alpha value is -1.02. The first-order valence-electron chi connectivity index (χ1n) is 5.37. The Morgan fingerprint density at radius 3 is 2.07 bits per heavy atom. The SMILES string of the molecule is Cc1cc(O)cc(C)c1CC(C)N(C)C. The first-order chi connectivity index (χ1) is 6.91. The summed E-state index contributed by atoms with van der Waals surface area (Å²) in [6.07, 6.45) is 1.03. The van der Waals surface area contributed by atoms with Crippen molar-refractivity contribution in [3.05, 3.63) is 28.8 Å². The van der Waals surface area contributed by atoms with Gasteiger partial charge in [0, 0.05) is 6.04 Å². The molecule has 0 saturated carbocycles. The van der Waals surface area contributed by atoms with Gasteiger partial charge in [-0.05, 0) is 70.1 Å². The molecular formula is C13H21NO. The van der Waals surface area contributed by atoms with Crippen molar-refractivity contribution in [2.24, 2.45) is 0 Å². The van der Waals surface area contributed by atoms with Crippen LogP contribution in [0.4, 0.5) is 0 Å². The van der Waals surface area contributed by atoms with Gasteiger partial charge in [0.15, 0.2) is 0 Å². The third kappa shape index (κ3) is 2.96. The van der Waals surface area contributed by atoms with Gasteiger partial charge in [-0.15, -0.1) is 0 Å². The van der Waals surface area contributed by atoms with Crippen molar-refractivity contribution >= 4 is 0 Å². The van der Waals surface area contributed by atoms with E-state index in [-0.39, 0.29) is 0 Å². The van der Waals surface area contributed by atoms with Crippen LogP contribution < -0.4 is 0 Å². The van der Waals surface area contributed by atoms with Gasteiger partial charge in [-0.3, -0.25) is 0 Å². The molecule has 0 spiro atoms. The van der Waals surface area contributed by atoms with E-state index in [4.69, 9.17) is 0 Å². The summed E-state index contributed by atoms with van der Waals surface area (Å²) in [6, 6.07) is 4.20. The van der Waals surface area contributed by atoms with Crippen LogP contribution in [0.5, 0.6) is 5.75 Å². The largest absolute Gasteiger partial charge is 0.508 e. The van der Waals surface area contributed by atoms with E-state index in [9.17, 15) is 5.11 Å². The molecule has 84 valence electrons. The second-order valence-corrected chi connectivity index (χ2v) is 4.57. The molecule has 0 fully saturated rings. The zero-order valence-electron chi connectivity index (χ0n) is 10.3. The van der Waals surface area contributed by atoms with E-state index in [0.717, 1.165) is 6.42 Å². The van der Waals surface area contributed by atoms with Crippen molar-refractivity contribution in [3.63, 3.8) is 0 Å². The van der Waals surface area contributed by atoms with Crippen molar-refractivity contribution in [1.82, 2.24) is 4.90 Å². The maximum atomic E-state index is 9.45. The second kappa shape index (κ2) is 4.67. The lowest BCUT2D eigenvalue weighted by molar-refractivity contribution is 0.311. The summed E-state index contributed by atoms with van der Waals surface area (Å²) in [4.78, 5) is 2.21. The molecular weight excluding hydrogens is 186 g/mol. The van der Waals surface area contributed by atoms with Crippen molar-refractivity contribution in [2.75, 3.05) is 14.1 Å². The molecule has 1 aromatic carbocycles. The molecule has 1 atom stereocenters. The topological polar surface area (TPSA) is 23.5 Å². The van der Waals surface area contributed by atoms with Gasteiger partial charge in [-0.1, -0.05) is 0 Å². The number of phenolic OH excluding ortho intramolecular Hbond substituents is 1. The fourth-order valence-corrected chi connectivity index (χ4v) is 1.77. The number of nitrogens with zero attached hydrogens (tertiary/aromatic N) is 1. The number of hydrogen-bond acceptors (Lipinski definition) is 2. The predicted molar refractivity (Wildman–Crippen MR) is 64.4 cm³/mol. The van der Waals surface area contributed by atoms with Crippen LogP contribution >= 0.6 is 0 Å². The van der Waals surface area contributed by atoms with Crippen LogP contribution in [0.3, 0.4) is 0 Å². The number of hydrogen-bond donors (Lipinski definition) is 1. The van der Waals surface area contributed by atoms with E-state index in [1.54, 1.807) is 0 Å². The smallest absolute Gasteiger partial charge is 0.116 e. The normalized spacial score (nSPS) is 13.2. The van der Waals surface area contributed by atoms with Gasteiger partial charge in [0.1, 0.15) is 5.75 Å². The summed E-state index contributed by atoms with van der Waals surface area (Å²) < 4.78 is 0. The lowest BCUT2D eigenvalue weighted by Gasteiger charge is -2.22. The minimum Gasteiger partial charge on any atom is -0.508 e. The fraction of sp³-hybridized carbons (Fsp3) is 0.538. The summed E-state index contributed by atoms with van der Waals surface area (Å²) in [5.74, 6) is 0.367. The Labute approximate surface area is 92.5 Å². The predicted octanol–water partition coefficient (Wildman–Crippen LogP) is 2.50. The number of aromatic hydroxyl groups is 1. The Bertz CT molecular complexity index is 321. The Balaban J connectivity index is 2.95. The zero-order chi connectivity index (χ0) is 11.6. The number of phenols is 1. The first-order valence-corrected chi connectivity index (χ1v) is 5.37. The summed E-state index contributed by atoms with van der Waals surface area (Å²) in [5.41, 5.74) is 3.72. The lowest BCUT2D eigenvalue weighted by atomic mass is 9.96. The highest BCUT2D eigenvalue weighted by Gasteiger charge is 2.10.